The predicted molar refractivity (Wildman–Crippen MR) is 192 cm³/mol. The Morgan fingerprint density at radius 2 is 0.571 bits per heavy atom. The van der Waals surface area contributed by atoms with E-state index in [1.54, 1.807) is 0 Å². The van der Waals surface area contributed by atoms with Crippen molar-refractivity contribution < 1.29 is 18.9 Å². The Labute approximate surface area is 263 Å². The Bertz CT molecular complexity index is 877. The highest BCUT2D eigenvalue weighted by molar-refractivity contribution is 6.82. The molecule has 0 N–H and O–H groups in total. The van der Waals surface area contributed by atoms with Gasteiger partial charge in [-0.05, 0) is 25.7 Å². The molecule has 0 amide bonds. The van der Waals surface area contributed by atoms with Crippen LogP contribution >= 0.6 is 0 Å². The Kier molecular flexibility index (Phi) is 12.0. The van der Waals surface area contributed by atoms with E-state index in [-0.39, 0.29) is 0 Å². The minimum absolute atomic E-state index is 0.491. The number of rotatable bonds is 4. The average Bonchev–Trinajstić information content (AvgIpc) is 3.47. The molecule has 1 saturated carbocycles. The first-order valence-electron chi connectivity index (χ1n) is 16.6. The normalized spacial score (nSPS) is 27.5. The van der Waals surface area contributed by atoms with Crippen molar-refractivity contribution in [2.45, 2.75) is 142 Å². The smallest absolute Gasteiger partial charge is 0.169 e. The highest BCUT2D eigenvalue weighted by Crippen LogP contribution is 2.41. The molecule has 2 aliphatic heterocycles. The molecule has 2 heterocycles. The van der Waals surface area contributed by atoms with E-state index in [0.717, 1.165) is 51.4 Å². The van der Waals surface area contributed by atoms with Gasteiger partial charge in [0.25, 0.3) is 0 Å². The van der Waals surface area contributed by atoms with Crippen LogP contribution in [0.3, 0.4) is 0 Å². The largest absolute Gasteiger partial charge is 0.348 e. The monoisotopic (exact) mass is 648 g/mol. The topological polar surface area (TPSA) is 36.9 Å². The third kappa shape index (κ3) is 12.2. The van der Waals surface area contributed by atoms with Gasteiger partial charge in [-0.1, -0.05) is 124 Å². The molecule has 0 bridgehead atoms. The van der Waals surface area contributed by atoms with Gasteiger partial charge in [0.05, 0.1) is 58.7 Å². The van der Waals surface area contributed by atoms with Crippen molar-refractivity contribution in [3.05, 3.63) is 45.1 Å². The summed E-state index contributed by atoms with van der Waals surface area (Å²) in [6.07, 6.45) is 7.66. The van der Waals surface area contributed by atoms with Crippen LogP contribution in [0.15, 0.2) is 45.1 Å². The van der Waals surface area contributed by atoms with Gasteiger partial charge in [0, 0.05) is 25.7 Å². The fraction of sp³-hybridized carbons (Fsp3) is 0.765. The zero-order chi connectivity index (χ0) is 31.5. The van der Waals surface area contributed by atoms with E-state index in [9.17, 15) is 0 Å². The van der Waals surface area contributed by atoms with Gasteiger partial charge in [-0.2, -0.15) is 0 Å². The van der Waals surface area contributed by atoms with E-state index < -0.39 is 43.9 Å². The summed E-state index contributed by atoms with van der Waals surface area (Å²) < 4.78 is 26.1. The van der Waals surface area contributed by atoms with Crippen LogP contribution in [0.1, 0.15) is 51.4 Å². The molecule has 3 fully saturated rings. The molecule has 0 unspecified atom stereocenters. The highest BCUT2D eigenvalue weighted by Gasteiger charge is 2.40. The van der Waals surface area contributed by atoms with Crippen LogP contribution in [-0.2, 0) is 18.9 Å². The lowest BCUT2D eigenvalue weighted by Crippen LogP contribution is -2.33. The van der Waals surface area contributed by atoms with Crippen molar-refractivity contribution in [3.63, 3.8) is 0 Å². The second-order valence-corrected chi connectivity index (χ2v) is 37.4. The third-order valence-electron chi connectivity index (χ3n) is 7.98. The maximum Gasteiger partial charge on any atom is 0.169 e. The summed E-state index contributed by atoms with van der Waals surface area (Å²) in [7, 11) is -5.88. The standard InChI is InChI=1S/C34H64O4Si4/c1-39(2,3)25-29-13-17-33(35-21-22-36-33)19-15-31(27-41(7,8)9)32(28-42(10,11)12)16-20-34(37-23-24-38-34)18-14-30(29)26-40(4,5)6/h25-28H,13-24H2,1-12H3/b29-25+,30-26+,31-27+,32-28+. The van der Waals surface area contributed by atoms with Crippen molar-refractivity contribution in [1.29, 1.82) is 0 Å². The summed E-state index contributed by atoms with van der Waals surface area (Å²) >= 11 is 0. The van der Waals surface area contributed by atoms with Gasteiger partial charge < -0.3 is 18.9 Å². The Balaban J connectivity index is 2.14. The molecule has 3 aliphatic rings. The number of allylic oxidation sites excluding steroid dienone is 4. The lowest BCUT2D eigenvalue weighted by Gasteiger charge is -2.33. The molecule has 1 aliphatic carbocycles. The minimum atomic E-state index is -1.47. The molecule has 4 nitrogen and oxygen atoms in total. The SMILES string of the molecule is C[Si](C)(C)/C=C1\CCC2(CCC(=C\[Si](C)(C)C)/C(=C/[Si](C)(C)C)CCC3(CC\C1=C/[Si](C)(C)C)OCCO3)OCCO2. The Hall–Kier alpha value is -0.332. The van der Waals surface area contributed by atoms with Crippen LogP contribution in [0.2, 0.25) is 78.6 Å². The van der Waals surface area contributed by atoms with E-state index in [1.807, 2.05) is 0 Å². The molecule has 42 heavy (non-hydrogen) atoms. The highest BCUT2D eigenvalue weighted by atomic mass is 28.3. The van der Waals surface area contributed by atoms with E-state index in [1.165, 1.54) is 22.3 Å². The van der Waals surface area contributed by atoms with Gasteiger partial charge in [-0.15, -0.1) is 0 Å². The van der Waals surface area contributed by atoms with Crippen LogP contribution in [0.25, 0.3) is 0 Å². The summed E-state index contributed by atoms with van der Waals surface area (Å²) in [6.45, 7) is 32.3. The molecular formula is C34H64O4Si4. The summed E-state index contributed by atoms with van der Waals surface area (Å²) in [5.74, 6) is -0.983. The van der Waals surface area contributed by atoms with Crippen LogP contribution < -0.4 is 0 Å². The van der Waals surface area contributed by atoms with Crippen LogP contribution in [0.4, 0.5) is 0 Å². The molecule has 0 aromatic heterocycles. The van der Waals surface area contributed by atoms with Gasteiger partial charge in [0.1, 0.15) is 0 Å². The second kappa shape index (κ2) is 14.0. The summed E-state index contributed by atoms with van der Waals surface area (Å²) in [5, 5.41) is 0. The second-order valence-electron chi connectivity index (χ2n) is 17.4. The van der Waals surface area contributed by atoms with Crippen LogP contribution in [-0.4, -0.2) is 70.3 Å². The third-order valence-corrected chi connectivity index (χ3v) is 12.8. The Morgan fingerprint density at radius 3 is 0.738 bits per heavy atom. The maximum atomic E-state index is 6.53. The van der Waals surface area contributed by atoms with Gasteiger partial charge >= 0.3 is 0 Å². The van der Waals surface area contributed by atoms with Gasteiger partial charge in [0.15, 0.2) is 11.6 Å². The average molecular weight is 649 g/mol. The predicted octanol–water partition coefficient (Wildman–Crippen LogP) is 9.82. The Morgan fingerprint density at radius 1 is 0.381 bits per heavy atom. The first-order valence-corrected chi connectivity index (χ1v) is 30.9. The first-order chi connectivity index (χ1) is 19.2. The van der Waals surface area contributed by atoms with Crippen LogP contribution in [0, 0.1) is 0 Å². The molecule has 0 aromatic rings. The van der Waals surface area contributed by atoms with Gasteiger partial charge in [-0.25, -0.2) is 0 Å². The summed E-state index contributed by atoms with van der Waals surface area (Å²) in [4.78, 5) is 0. The van der Waals surface area contributed by atoms with E-state index >= 15 is 0 Å². The molecule has 0 radical (unpaired) electrons. The van der Waals surface area contributed by atoms with Gasteiger partial charge in [-0.3, -0.25) is 0 Å². The van der Waals surface area contributed by atoms with Crippen molar-refractivity contribution in [2.75, 3.05) is 26.4 Å². The first kappa shape index (κ1) is 36.1. The number of hydrogen-bond acceptors (Lipinski definition) is 4. The molecule has 240 valence electrons. The van der Waals surface area contributed by atoms with Crippen molar-refractivity contribution in [2.24, 2.45) is 0 Å². The molecule has 3 rings (SSSR count). The van der Waals surface area contributed by atoms with Crippen molar-refractivity contribution in [1.82, 2.24) is 0 Å². The van der Waals surface area contributed by atoms with E-state index in [2.05, 4.69) is 101 Å². The molecule has 8 heteroatoms. The molecular weight excluding hydrogens is 585 g/mol. The zero-order valence-electron chi connectivity index (χ0n) is 29.4. The lowest BCUT2D eigenvalue weighted by atomic mass is 9.89. The number of ether oxygens (including phenoxy) is 4. The van der Waals surface area contributed by atoms with Crippen LogP contribution in [0.5, 0.6) is 0 Å². The van der Waals surface area contributed by atoms with E-state index in [0.29, 0.717) is 26.4 Å². The molecule has 2 spiro atoms. The van der Waals surface area contributed by atoms with Crippen molar-refractivity contribution >= 4 is 32.3 Å². The van der Waals surface area contributed by atoms with E-state index in [4.69, 9.17) is 18.9 Å². The quantitative estimate of drug-likeness (QED) is 0.284. The molecule has 0 aromatic carbocycles. The summed E-state index contributed by atoms with van der Waals surface area (Å²) in [6, 6.07) is 0. The minimum Gasteiger partial charge on any atom is -0.348 e. The molecule has 2 saturated heterocycles. The fourth-order valence-corrected chi connectivity index (χ4v) is 12.0. The maximum absolute atomic E-state index is 6.53. The van der Waals surface area contributed by atoms with Gasteiger partial charge in [0.2, 0.25) is 0 Å². The lowest BCUT2D eigenvalue weighted by molar-refractivity contribution is -0.167. The summed E-state index contributed by atoms with van der Waals surface area (Å²) in [5.41, 5.74) is 16.7. The van der Waals surface area contributed by atoms with Crippen molar-refractivity contribution in [3.8, 4) is 0 Å². The zero-order valence-corrected chi connectivity index (χ0v) is 33.4. The number of hydrogen-bond donors (Lipinski definition) is 0. The fourth-order valence-electron chi connectivity index (χ4n) is 6.51. The molecule has 0 atom stereocenters.